The Balaban J connectivity index is 2.31. The van der Waals surface area contributed by atoms with Gasteiger partial charge in [0, 0.05) is 0 Å². The first kappa shape index (κ1) is 11.4. The van der Waals surface area contributed by atoms with Crippen LogP contribution in [0.25, 0.3) is 0 Å². The lowest BCUT2D eigenvalue weighted by Crippen LogP contribution is -2.57. The number of hydrogen-bond acceptors (Lipinski definition) is 2. The quantitative estimate of drug-likeness (QED) is 0.718. The van der Waals surface area contributed by atoms with Crippen LogP contribution in [0.15, 0.2) is 0 Å². The maximum Gasteiger partial charge on any atom is 0.322 e. The van der Waals surface area contributed by atoms with E-state index in [2.05, 4.69) is 24.5 Å². The van der Waals surface area contributed by atoms with Gasteiger partial charge in [-0.05, 0) is 24.7 Å². The minimum Gasteiger partial charge on any atom is -0.323 e. The van der Waals surface area contributed by atoms with Gasteiger partial charge in [0.05, 0.1) is 0 Å². The third kappa shape index (κ3) is 1.51. The number of rotatable bonds is 3. The van der Waals surface area contributed by atoms with Gasteiger partial charge in [-0.15, -0.1) is 0 Å². The van der Waals surface area contributed by atoms with Crippen LogP contribution < -0.4 is 10.6 Å². The van der Waals surface area contributed by atoms with Crippen LogP contribution in [0.4, 0.5) is 4.79 Å². The zero-order chi connectivity index (χ0) is 11.8. The van der Waals surface area contributed by atoms with Gasteiger partial charge in [0.25, 0.3) is 5.91 Å². The molecule has 0 spiro atoms. The molecule has 90 valence electrons. The van der Waals surface area contributed by atoms with Gasteiger partial charge < -0.3 is 5.32 Å². The number of nitrogens with one attached hydrogen (secondary N) is 2. The summed E-state index contributed by atoms with van der Waals surface area (Å²) >= 11 is 0. The van der Waals surface area contributed by atoms with Crippen molar-refractivity contribution in [2.24, 2.45) is 11.8 Å². The van der Waals surface area contributed by atoms with E-state index in [4.69, 9.17) is 0 Å². The molecule has 0 bridgehead atoms. The molecule has 1 saturated carbocycles. The zero-order valence-corrected chi connectivity index (χ0v) is 10.0. The van der Waals surface area contributed by atoms with Crippen molar-refractivity contribution in [3.63, 3.8) is 0 Å². The Morgan fingerprint density at radius 1 is 1.38 bits per heavy atom. The van der Waals surface area contributed by atoms with Crippen LogP contribution in [0.3, 0.4) is 0 Å². The fourth-order valence-electron chi connectivity index (χ4n) is 3.22. The van der Waals surface area contributed by atoms with Crippen molar-refractivity contribution in [1.29, 1.82) is 0 Å². The summed E-state index contributed by atoms with van der Waals surface area (Å²) in [6.07, 6.45) is 5.36. The van der Waals surface area contributed by atoms with Gasteiger partial charge in [-0.3, -0.25) is 10.1 Å². The molecule has 2 aliphatic rings. The summed E-state index contributed by atoms with van der Waals surface area (Å²) in [7, 11) is 0. The Labute approximate surface area is 96.2 Å². The molecule has 16 heavy (non-hydrogen) atoms. The van der Waals surface area contributed by atoms with Gasteiger partial charge in [-0.2, -0.15) is 0 Å². The number of carbonyl (C=O) groups is 2. The van der Waals surface area contributed by atoms with Crippen LogP contribution in [-0.2, 0) is 4.79 Å². The predicted molar refractivity (Wildman–Crippen MR) is 60.8 cm³/mol. The molecule has 2 atom stereocenters. The molecular formula is C12H20N2O2. The van der Waals surface area contributed by atoms with Crippen molar-refractivity contribution in [2.75, 3.05) is 0 Å². The molecule has 0 aromatic heterocycles. The van der Waals surface area contributed by atoms with E-state index in [1.807, 2.05) is 0 Å². The number of imide groups is 1. The van der Waals surface area contributed by atoms with Crippen molar-refractivity contribution in [3.05, 3.63) is 0 Å². The molecule has 0 aromatic rings. The van der Waals surface area contributed by atoms with Gasteiger partial charge in [0.2, 0.25) is 0 Å². The summed E-state index contributed by atoms with van der Waals surface area (Å²) in [5, 5.41) is 5.32. The van der Waals surface area contributed by atoms with E-state index in [-0.39, 0.29) is 17.9 Å². The molecule has 4 heteroatoms. The van der Waals surface area contributed by atoms with Crippen LogP contribution in [-0.4, -0.2) is 17.5 Å². The molecule has 0 unspecified atom stereocenters. The summed E-state index contributed by atoms with van der Waals surface area (Å²) in [4.78, 5) is 23.5. The van der Waals surface area contributed by atoms with E-state index >= 15 is 0 Å². The number of hydrogen-bond donors (Lipinski definition) is 2. The van der Waals surface area contributed by atoms with Crippen LogP contribution in [0, 0.1) is 11.8 Å². The Bertz CT molecular complexity index is 310. The Morgan fingerprint density at radius 2 is 2.00 bits per heavy atom. The average Bonchev–Trinajstić information content (AvgIpc) is 2.85. The maximum atomic E-state index is 12.1. The summed E-state index contributed by atoms with van der Waals surface area (Å²) < 4.78 is 0. The van der Waals surface area contributed by atoms with Gasteiger partial charge in [-0.1, -0.05) is 33.1 Å². The van der Waals surface area contributed by atoms with Crippen molar-refractivity contribution in [2.45, 2.75) is 51.5 Å². The smallest absolute Gasteiger partial charge is 0.322 e. The molecule has 2 rings (SSSR count). The van der Waals surface area contributed by atoms with E-state index in [0.29, 0.717) is 5.92 Å². The first-order valence-corrected chi connectivity index (χ1v) is 6.24. The highest BCUT2D eigenvalue weighted by atomic mass is 16.2. The van der Waals surface area contributed by atoms with Crippen LogP contribution >= 0.6 is 0 Å². The molecule has 0 radical (unpaired) electrons. The molecule has 1 aliphatic heterocycles. The van der Waals surface area contributed by atoms with Gasteiger partial charge in [0.1, 0.15) is 5.54 Å². The molecule has 1 heterocycles. The lowest BCUT2D eigenvalue weighted by atomic mass is 9.72. The monoisotopic (exact) mass is 224 g/mol. The standard InChI is InChI=1S/C12H20N2O2/c1-3-8(2)12(9-6-4-5-7-9)10(15)13-11(16)14-12/h8-9H,3-7H2,1-2H3,(H2,13,14,15,16)/t8-,12+/m0/s1. The topological polar surface area (TPSA) is 58.2 Å². The zero-order valence-electron chi connectivity index (χ0n) is 10.0. The van der Waals surface area contributed by atoms with Crippen molar-refractivity contribution >= 4 is 11.9 Å². The Kier molecular flexibility index (Phi) is 2.91. The average molecular weight is 224 g/mol. The fourth-order valence-corrected chi connectivity index (χ4v) is 3.22. The van der Waals surface area contributed by atoms with Crippen molar-refractivity contribution in [1.82, 2.24) is 10.6 Å². The largest absolute Gasteiger partial charge is 0.323 e. The fraction of sp³-hybridized carbons (Fsp3) is 0.833. The maximum absolute atomic E-state index is 12.1. The van der Waals surface area contributed by atoms with Gasteiger partial charge in [0.15, 0.2) is 0 Å². The second-order valence-corrected chi connectivity index (χ2v) is 5.07. The molecule has 1 aliphatic carbocycles. The number of amides is 3. The SMILES string of the molecule is CC[C@H](C)[C@]1(C2CCCC2)NC(=O)NC1=O. The third-order valence-corrected chi connectivity index (χ3v) is 4.31. The highest BCUT2D eigenvalue weighted by molar-refractivity contribution is 6.07. The molecule has 2 N–H and O–H groups in total. The van der Waals surface area contributed by atoms with E-state index in [1.54, 1.807) is 0 Å². The summed E-state index contributed by atoms with van der Waals surface area (Å²) in [6.45, 7) is 4.13. The molecule has 3 amide bonds. The van der Waals surface area contributed by atoms with Crippen molar-refractivity contribution in [3.8, 4) is 0 Å². The Hall–Kier alpha value is -1.06. The first-order chi connectivity index (χ1) is 7.61. The minimum absolute atomic E-state index is 0.112. The minimum atomic E-state index is -0.637. The number of urea groups is 1. The third-order valence-electron chi connectivity index (χ3n) is 4.31. The summed E-state index contributed by atoms with van der Waals surface area (Å²) in [6, 6.07) is -0.322. The molecule has 2 fully saturated rings. The van der Waals surface area contributed by atoms with Crippen LogP contribution in [0.2, 0.25) is 0 Å². The van der Waals surface area contributed by atoms with Crippen LogP contribution in [0.1, 0.15) is 46.0 Å². The van der Waals surface area contributed by atoms with E-state index in [1.165, 1.54) is 12.8 Å². The highest BCUT2D eigenvalue weighted by Gasteiger charge is 2.54. The lowest BCUT2D eigenvalue weighted by Gasteiger charge is -2.37. The lowest BCUT2D eigenvalue weighted by molar-refractivity contribution is -0.128. The van der Waals surface area contributed by atoms with Crippen molar-refractivity contribution < 1.29 is 9.59 Å². The normalized spacial score (nSPS) is 32.6. The van der Waals surface area contributed by atoms with E-state index in [9.17, 15) is 9.59 Å². The molecule has 0 aromatic carbocycles. The molecular weight excluding hydrogens is 204 g/mol. The van der Waals surface area contributed by atoms with Gasteiger partial charge in [-0.25, -0.2) is 4.79 Å². The second-order valence-electron chi connectivity index (χ2n) is 5.07. The second kappa shape index (κ2) is 4.07. The van der Waals surface area contributed by atoms with Crippen LogP contribution in [0.5, 0.6) is 0 Å². The summed E-state index contributed by atoms with van der Waals surface area (Å²) in [5.74, 6) is 0.398. The molecule has 1 saturated heterocycles. The first-order valence-electron chi connectivity index (χ1n) is 6.24. The van der Waals surface area contributed by atoms with E-state index < -0.39 is 5.54 Å². The Morgan fingerprint density at radius 3 is 2.44 bits per heavy atom. The predicted octanol–water partition coefficient (Wildman–Crippen LogP) is 1.80. The molecule has 4 nitrogen and oxygen atoms in total. The van der Waals surface area contributed by atoms with Gasteiger partial charge >= 0.3 is 6.03 Å². The van der Waals surface area contributed by atoms with E-state index in [0.717, 1.165) is 19.3 Å². The highest BCUT2D eigenvalue weighted by Crippen LogP contribution is 2.41. The summed E-state index contributed by atoms with van der Waals surface area (Å²) in [5.41, 5.74) is -0.637. The number of carbonyl (C=O) groups excluding carboxylic acids is 2.